The Balaban J connectivity index is 1.65. The zero-order valence-corrected chi connectivity index (χ0v) is 19.9. The average molecular weight is 472 g/mol. The summed E-state index contributed by atoms with van der Waals surface area (Å²) in [5, 5.41) is 10.7. The summed E-state index contributed by atoms with van der Waals surface area (Å²) in [5.74, 6) is 0.354. The van der Waals surface area contributed by atoms with Crippen LogP contribution in [0.5, 0.6) is 5.75 Å². The summed E-state index contributed by atoms with van der Waals surface area (Å²) in [6.07, 6.45) is 3.69. The number of hydrogen-bond donors (Lipinski definition) is 2. The van der Waals surface area contributed by atoms with Gasteiger partial charge in [0.1, 0.15) is 16.4 Å². The molecule has 0 spiro atoms. The number of hydrogen-bond acceptors (Lipinski definition) is 5. The third kappa shape index (κ3) is 4.15. The minimum Gasteiger partial charge on any atom is -0.507 e. The molecule has 6 nitrogen and oxygen atoms in total. The van der Waals surface area contributed by atoms with Gasteiger partial charge < -0.3 is 15.0 Å². The van der Waals surface area contributed by atoms with Crippen LogP contribution in [0.3, 0.4) is 0 Å². The number of H-pyrrole nitrogens is 1. The number of likely N-dealkylation sites (tertiary alicyclic amines) is 1. The molecule has 1 amide bonds. The standard InChI is InChI=1S/C27H25N3O3S/c1-16-12-18(13-17(2)23(16)31)14-20(27(33)30-10-6-7-11-30)24-28-25(32)21-15-22(34-26(21)29-24)19-8-4-3-5-9-19/h3-5,8-9,12-15,31H,6-7,10-11H2,1-2H3,(H,28,29,32)/b20-14+. The van der Waals surface area contributed by atoms with E-state index in [9.17, 15) is 14.7 Å². The molecule has 0 aliphatic carbocycles. The number of carbonyl (C=O) groups excluding carboxylic acids is 1. The monoisotopic (exact) mass is 471 g/mol. The maximum Gasteiger partial charge on any atom is 0.259 e. The predicted molar refractivity (Wildman–Crippen MR) is 137 cm³/mol. The molecule has 2 aromatic carbocycles. The lowest BCUT2D eigenvalue weighted by atomic mass is 10.0. The van der Waals surface area contributed by atoms with Crippen molar-refractivity contribution >= 4 is 39.1 Å². The number of thiophene rings is 1. The van der Waals surface area contributed by atoms with Crippen LogP contribution < -0.4 is 5.56 Å². The molecule has 0 radical (unpaired) electrons. The van der Waals surface area contributed by atoms with Crippen LogP contribution in [0.1, 0.15) is 35.4 Å². The summed E-state index contributed by atoms with van der Waals surface area (Å²) in [6, 6.07) is 15.4. The number of nitrogens with zero attached hydrogens (tertiary/aromatic N) is 2. The smallest absolute Gasteiger partial charge is 0.259 e. The van der Waals surface area contributed by atoms with E-state index < -0.39 is 0 Å². The number of aromatic nitrogens is 2. The highest BCUT2D eigenvalue weighted by Crippen LogP contribution is 2.32. The molecular formula is C27H25N3O3S. The quantitative estimate of drug-likeness (QED) is 0.404. The highest BCUT2D eigenvalue weighted by Gasteiger charge is 2.25. The van der Waals surface area contributed by atoms with Crippen LogP contribution in [0.25, 0.3) is 32.3 Å². The molecule has 1 aliphatic heterocycles. The molecule has 0 unspecified atom stereocenters. The van der Waals surface area contributed by atoms with Crippen molar-refractivity contribution in [1.29, 1.82) is 0 Å². The summed E-state index contributed by atoms with van der Waals surface area (Å²) in [5.41, 5.74) is 3.32. The Hall–Kier alpha value is -3.71. The first-order chi connectivity index (χ1) is 16.4. The van der Waals surface area contributed by atoms with E-state index in [1.165, 1.54) is 11.3 Å². The second kappa shape index (κ2) is 8.91. The fourth-order valence-corrected chi connectivity index (χ4v) is 5.40. The normalized spacial score (nSPS) is 14.2. The molecule has 0 atom stereocenters. The Morgan fingerprint density at radius 3 is 2.44 bits per heavy atom. The van der Waals surface area contributed by atoms with E-state index in [4.69, 9.17) is 4.98 Å². The molecule has 7 heteroatoms. The van der Waals surface area contributed by atoms with Crippen LogP contribution in [0, 0.1) is 13.8 Å². The highest BCUT2D eigenvalue weighted by molar-refractivity contribution is 7.21. The van der Waals surface area contributed by atoms with Gasteiger partial charge >= 0.3 is 0 Å². The number of amides is 1. The third-order valence-electron chi connectivity index (χ3n) is 6.16. The van der Waals surface area contributed by atoms with Gasteiger partial charge in [0.2, 0.25) is 0 Å². The van der Waals surface area contributed by atoms with E-state index >= 15 is 0 Å². The van der Waals surface area contributed by atoms with Crippen LogP contribution in [-0.4, -0.2) is 39.0 Å². The molecular weight excluding hydrogens is 446 g/mol. The van der Waals surface area contributed by atoms with Crippen molar-refractivity contribution in [3.05, 3.63) is 81.4 Å². The third-order valence-corrected chi connectivity index (χ3v) is 7.24. The van der Waals surface area contributed by atoms with E-state index in [-0.39, 0.29) is 23.0 Å². The van der Waals surface area contributed by atoms with E-state index in [0.717, 1.165) is 40.0 Å². The molecule has 0 bridgehead atoms. The molecule has 2 aromatic heterocycles. The van der Waals surface area contributed by atoms with Crippen LogP contribution in [0.2, 0.25) is 0 Å². The van der Waals surface area contributed by atoms with E-state index in [1.54, 1.807) is 11.0 Å². The van der Waals surface area contributed by atoms with Gasteiger partial charge in [-0.3, -0.25) is 9.59 Å². The first-order valence-corrected chi connectivity index (χ1v) is 12.1. The van der Waals surface area contributed by atoms with E-state index in [2.05, 4.69) is 4.98 Å². The fraction of sp³-hybridized carbons (Fsp3) is 0.222. The topological polar surface area (TPSA) is 86.3 Å². The van der Waals surface area contributed by atoms with Gasteiger partial charge in [-0.25, -0.2) is 4.98 Å². The van der Waals surface area contributed by atoms with Gasteiger partial charge in [-0.1, -0.05) is 30.3 Å². The van der Waals surface area contributed by atoms with E-state index in [1.807, 2.05) is 62.4 Å². The van der Waals surface area contributed by atoms with Crippen molar-refractivity contribution in [1.82, 2.24) is 14.9 Å². The summed E-state index contributed by atoms with van der Waals surface area (Å²) in [4.78, 5) is 37.5. The van der Waals surface area contributed by atoms with Crippen molar-refractivity contribution < 1.29 is 9.90 Å². The fourth-order valence-electron chi connectivity index (χ4n) is 4.37. The van der Waals surface area contributed by atoms with Crippen molar-refractivity contribution in [3.8, 4) is 16.2 Å². The predicted octanol–water partition coefficient (Wildman–Crippen LogP) is 5.14. The number of benzene rings is 2. The van der Waals surface area contributed by atoms with Gasteiger partial charge in [0, 0.05) is 18.0 Å². The summed E-state index contributed by atoms with van der Waals surface area (Å²) in [7, 11) is 0. The van der Waals surface area contributed by atoms with Crippen molar-refractivity contribution in [2.24, 2.45) is 0 Å². The SMILES string of the molecule is Cc1cc(/C=C(/C(=O)N2CCCC2)c2nc3sc(-c4ccccc4)cc3c(=O)[nH]2)cc(C)c1O. The first kappa shape index (κ1) is 22.1. The van der Waals surface area contributed by atoms with Crippen LogP contribution in [-0.2, 0) is 4.79 Å². The molecule has 1 fully saturated rings. The Kier molecular flexibility index (Phi) is 5.79. The van der Waals surface area contributed by atoms with Crippen molar-refractivity contribution in [2.75, 3.05) is 13.1 Å². The molecule has 4 aromatic rings. The average Bonchev–Trinajstić information content (AvgIpc) is 3.52. The molecule has 1 aliphatic rings. The van der Waals surface area contributed by atoms with Crippen LogP contribution in [0.4, 0.5) is 0 Å². The lowest BCUT2D eigenvalue weighted by molar-refractivity contribution is -0.123. The number of aromatic hydroxyl groups is 1. The zero-order chi connectivity index (χ0) is 23.8. The number of fused-ring (bicyclic) bond motifs is 1. The number of nitrogens with one attached hydrogen (secondary N) is 1. The van der Waals surface area contributed by atoms with Gasteiger partial charge in [-0.2, -0.15) is 0 Å². The Morgan fingerprint density at radius 2 is 1.76 bits per heavy atom. The summed E-state index contributed by atoms with van der Waals surface area (Å²) >= 11 is 1.44. The van der Waals surface area contributed by atoms with Gasteiger partial charge in [0.05, 0.1) is 11.0 Å². The maximum atomic E-state index is 13.5. The number of phenolic OH excluding ortho intramolecular Hbond substituents is 1. The molecule has 3 heterocycles. The van der Waals surface area contributed by atoms with Crippen LogP contribution in [0.15, 0.2) is 53.3 Å². The maximum absolute atomic E-state index is 13.5. The molecule has 172 valence electrons. The van der Waals surface area contributed by atoms with Gasteiger partial charge in [0.25, 0.3) is 11.5 Å². The van der Waals surface area contributed by atoms with E-state index in [0.29, 0.717) is 28.9 Å². The minimum atomic E-state index is -0.267. The molecule has 34 heavy (non-hydrogen) atoms. The highest BCUT2D eigenvalue weighted by atomic mass is 32.1. The van der Waals surface area contributed by atoms with Crippen molar-refractivity contribution in [3.63, 3.8) is 0 Å². The number of aryl methyl sites for hydroxylation is 2. The number of rotatable bonds is 4. The molecule has 2 N–H and O–H groups in total. The molecule has 1 saturated heterocycles. The lowest BCUT2D eigenvalue weighted by Gasteiger charge is -2.17. The van der Waals surface area contributed by atoms with Gasteiger partial charge in [-0.05, 0) is 73.2 Å². The second-order valence-electron chi connectivity index (χ2n) is 8.67. The summed E-state index contributed by atoms with van der Waals surface area (Å²) < 4.78 is 0. The van der Waals surface area contributed by atoms with Gasteiger partial charge in [-0.15, -0.1) is 11.3 Å². The molecule has 5 rings (SSSR count). The van der Waals surface area contributed by atoms with Gasteiger partial charge in [0.15, 0.2) is 0 Å². The Bertz CT molecular complexity index is 1460. The largest absolute Gasteiger partial charge is 0.507 e. The minimum absolute atomic E-state index is 0.150. The number of aromatic amines is 1. The zero-order valence-electron chi connectivity index (χ0n) is 19.1. The number of phenols is 1. The van der Waals surface area contributed by atoms with Crippen LogP contribution >= 0.6 is 11.3 Å². The summed E-state index contributed by atoms with van der Waals surface area (Å²) in [6.45, 7) is 5.02. The Labute approximate surface area is 201 Å². The molecule has 0 saturated carbocycles. The Morgan fingerprint density at radius 1 is 1.09 bits per heavy atom. The van der Waals surface area contributed by atoms with Crippen molar-refractivity contribution in [2.45, 2.75) is 26.7 Å². The lowest BCUT2D eigenvalue weighted by Crippen LogP contribution is -2.29. The number of carbonyl (C=O) groups is 1. The second-order valence-corrected chi connectivity index (χ2v) is 9.70. The first-order valence-electron chi connectivity index (χ1n) is 11.3.